The van der Waals surface area contributed by atoms with Crippen LogP contribution in [0.5, 0.6) is 28.7 Å². The normalized spacial score (nSPS) is 29.3. The molecule has 1 spiro atoms. The molecule has 5 rings (SSSR count). The zero-order valence-corrected chi connectivity index (χ0v) is 33.5. The van der Waals surface area contributed by atoms with Gasteiger partial charge in [-0.15, -0.1) is 0 Å². The molecule has 7 N–H and O–H groups in total. The third-order valence-corrected chi connectivity index (χ3v) is 14.8. The Bertz CT molecular complexity index is 1460. The third kappa shape index (κ3) is 11.3. The van der Waals surface area contributed by atoms with E-state index >= 15 is 0 Å². The van der Waals surface area contributed by atoms with Crippen LogP contribution in [0.3, 0.4) is 0 Å². The summed E-state index contributed by atoms with van der Waals surface area (Å²) in [5.41, 5.74) is 2.78. The molecular weight excluding hydrogens is 733 g/mol. The zero-order valence-electron chi connectivity index (χ0n) is 31.9. The van der Waals surface area contributed by atoms with E-state index in [0.29, 0.717) is 36.0 Å². The minimum absolute atomic E-state index is 0.0144. The monoisotopic (exact) mass is 794 g/mol. The molecule has 8 unspecified atom stereocenters. The van der Waals surface area contributed by atoms with E-state index in [1.807, 2.05) is 6.07 Å². The summed E-state index contributed by atoms with van der Waals surface area (Å²) in [6, 6.07) is 6.85. The fourth-order valence-corrected chi connectivity index (χ4v) is 12.0. The lowest BCUT2D eigenvalue weighted by Gasteiger charge is -2.30. The Labute approximate surface area is 328 Å². The number of aliphatic hydroxyl groups is 5. The summed E-state index contributed by atoms with van der Waals surface area (Å²) >= 11 is 0. The van der Waals surface area contributed by atoms with Crippen LogP contribution in [0, 0.1) is 17.3 Å². The third-order valence-electron chi connectivity index (χ3n) is 11.9. The predicted octanol–water partition coefficient (Wildman–Crippen LogP) is 6.79. The van der Waals surface area contributed by atoms with Crippen molar-refractivity contribution in [3.63, 3.8) is 0 Å². The summed E-state index contributed by atoms with van der Waals surface area (Å²) in [4.78, 5) is 0. The van der Waals surface area contributed by atoms with Gasteiger partial charge < -0.3 is 54.7 Å². The van der Waals surface area contributed by atoms with E-state index < -0.39 is 37.8 Å². The van der Waals surface area contributed by atoms with Crippen molar-refractivity contribution < 1.29 is 54.7 Å². The van der Waals surface area contributed by atoms with Gasteiger partial charge in [-0.1, -0.05) is 54.2 Å². The van der Waals surface area contributed by atoms with Gasteiger partial charge in [0.2, 0.25) is 5.75 Å². The highest BCUT2D eigenvalue weighted by Gasteiger charge is 2.45. The predicted molar refractivity (Wildman–Crippen MR) is 211 cm³/mol. The van der Waals surface area contributed by atoms with Crippen LogP contribution in [0.25, 0.3) is 0 Å². The van der Waals surface area contributed by atoms with Crippen LogP contribution < -0.4 is 14.2 Å². The minimum Gasteiger partial charge on any atom is -0.504 e. The standard InChI is InChI=1S/C41H62O11S2/c1-3-4-5-6-26-9-12-41(21-26)13-10-30(22-41)52-36-18-28-7-8-29(50-24-43)19-33(45)32(15-27-16-37(49-2)40(48)38(17-27)51-25-44)35(47)23-53-54-39(11-14-42)31(28)20-34(36)46/h16-18,20,26,29-30,32-33,35,39,42-48H,3-15,19,21-25H2,1-2H3. The van der Waals surface area contributed by atoms with Crippen LogP contribution in [-0.4, -0.2) is 93.2 Å². The number of fused-ring (bicyclic) bond motifs is 1. The number of ether oxygens (including phenoxy) is 4. The van der Waals surface area contributed by atoms with Gasteiger partial charge >= 0.3 is 0 Å². The lowest BCUT2D eigenvalue weighted by molar-refractivity contribution is -0.0808. The van der Waals surface area contributed by atoms with Crippen LogP contribution in [0.15, 0.2) is 24.3 Å². The number of phenolic OH excluding ortho intramolecular Hbond substituents is 2. The van der Waals surface area contributed by atoms with Crippen molar-refractivity contribution in [3.8, 4) is 28.7 Å². The Morgan fingerprint density at radius 1 is 0.852 bits per heavy atom. The van der Waals surface area contributed by atoms with Gasteiger partial charge in [-0.25, -0.2) is 0 Å². The van der Waals surface area contributed by atoms with Crippen LogP contribution in [0.4, 0.5) is 0 Å². The Balaban J connectivity index is 1.35. The van der Waals surface area contributed by atoms with Gasteiger partial charge in [0.15, 0.2) is 29.8 Å². The van der Waals surface area contributed by atoms with Crippen molar-refractivity contribution in [2.45, 2.75) is 133 Å². The van der Waals surface area contributed by atoms with Crippen molar-refractivity contribution in [2.75, 3.05) is 33.1 Å². The van der Waals surface area contributed by atoms with E-state index in [2.05, 4.69) is 6.92 Å². The Morgan fingerprint density at radius 3 is 2.39 bits per heavy atom. The first-order chi connectivity index (χ1) is 26.1. The van der Waals surface area contributed by atoms with Crippen LogP contribution in [-0.2, 0) is 17.6 Å². The molecule has 304 valence electrons. The fraction of sp³-hybridized carbons (Fsp3) is 0.707. The molecule has 1 heterocycles. The number of benzene rings is 2. The average molecular weight is 795 g/mol. The van der Waals surface area contributed by atoms with E-state index in [-0.39, 0.29) is 59.6 Å². The largest absolute Gasteiger partial charge is 0.504 e. The molecule has 2 aliphatic carbocycles. The number of aliphatic hydroxyl groups excluding tert-OH is 5. The van der Waals surface area contributed by atoms with E-state index in [9.17, 15) is 35.7 Å². The highest BCUT2D eigenvalue weighted by atomic mass is 33.1. The van der Waals surface area contributed by atoms with Crippen LogP contribution >= 0.6 is 21.6 Å². The number of rotatable bonds is 15. The van der Waals surface area contributed by atoms with Crippen LogP contribution in [0.2, 0.25) is 0 Å². The number of hydrogen-bond acceptors (Lipinski definition) is 13. The SMILES string of the molecule is CCCCCC1CCC2(CCC(Oc3cc4c(cc3O)C(CCO)SSCC(O)C(Cc3cc(OC)c(O)c(OCO)c3)C(O)CC(OCO)CC4)C2)C1. The zero-order chi connectivity index (χ0) is 38.7. The first kappa shape index (κ1) is 43.0. The van der Waals surface area contributed by atoms with Gasteiger partial charge in [-0.3, -0.25) is 0 Å². The summed E-state index contributed by atoms with van der Waals surface area (Å²) in [7, 11) is 4.34. The van der Waals surface area contributed by atoms with Gasteiger partial charge in [0.25, 0.3) is 0 Å². The molecule has 1 aliphatic heterocycles. The second kappa shape index (κ2) is 20.9. The number of phenols is 2. The Morgan fingerprint density at radius 2 is 1.65 bits per heavy atom. The molecule has 2 fully saturated rings. The summed E-state index contributed by atoms with van der Waals surface area (Å²) in [6.45, 7) is 0.985. The highest BCUT2D eigenvalue weighted by Crippen LogP contribution is 2.55. The summed E-state index contributed by atoms with van der Waals surface area (Å²) in [5.74, 6) is 0.792. The maximum atomic E-state index is 11.7. The summed E-state index contributed by atoms with van der Waals surface area (Å²) in [5, 5.41) is 74.1. The first-order valence-corrected chi connectivity index (χ1v) is 22.1. The molecule has 0 radical (unpaired) electrons. The lowest BCUT2D eigenvalue weighted by Crippen LogP contribution is -2.38. The molecule has 2 aromatic carbocycles. The second-order valence-electron chi connectivity index (χ2n) is 15.6. The molecule has 11 nitrogen and oxygen atoms in total. The van der Waals surface area contributed by atoms with Gasteiger partial charge in [-0.2, -0.15) is 0 Å². The van der Waals surface area contributed by atoms with Gasteiger partial charge in [0, 0.05) is 23.5 Å². The van der Waals surface area contributed by atoms with Crippen molar-refractivity contribution in [2.24, 2.45) is 17.3 Å². The quantitative estimate of drug-likeness (QED) is 0.0570. The number of hydrogen-bond donors (Lipinski definition) is 7. The molecule has 0 saturated heterocycles. The van der Waals surface area contributed by atoms with E-state index in [1.54, 1.807) is 18.2 Å². The molecule has 8 atom stereocenters. The molecule has 0 amide bonds. The number of methoxy groups -OCH3 is 1. The van der Waals surface area contributed by atoms with E-state index in [0.717, 1.165) is 36.3 Å². The first-order valence-electron chi connectivity index (χ1n) is 19.8. The maximum Gasteiger partial charge on any atom is 0.200 e. The molecule has 2 saturated carbocycles. The van der Waals surface area contributed by atoms with Crippen molar-refractivity contribution >= 4 is 21.6 Å². The van der Waals surface area contributed by atoms with Crippen LogP contribution in [0.1, 0.15) is 112 Å². The summed E-state index contributed by atoms with van der Waals surface area (Å²) in [6.07, 6.45) is 11.3. The molecular formula is C41H62O11S2. The molecule has 54 heavy (non-hydrogen) atoms. The maximum absolute atomic E-state index is 11.7. The minimum atomic E-state index is -1.03. The van der Waals surface area contributed by atoms with Gasteiger partial charge in [0.1, 0.15) is 6.79 Å². The lowest BCUT2D eigenvalue weighted by atomic mass is 9.83. The number of unbranched alkanes of at least 4 members (excludes halogenated alkanes) is 2. The molecule has 0 aromatic heterocycles. The van der Waals surface area contributed by atoms with Crippen molar-refractivity contribution in [3.05, 3.63) is 41.0 Å². The number of aromatic hydroxyl groups is 2. The smallest absolute Gasteiger partial charge is 0.200 e. The Hall–Kier alpha value is -2.10. The highest BCUT2D eigenvalue weighted by molar-refractivity contribution is 8.76. The average Bonchev–Trinajstić information content (AvgIpc) is 3.75. The van der Waals surface area contributed by atoms with Gasteiger partial charge in [0.05, 0.1) is 31.5 Å². The molecule has 13 heteroatoms. The van der Waals surface area contributed by atoms with E-state index in [4.69, 9.17) is 18.9 Å². The summed E-state index contributed by atoms with van der Waals surface area (Å²) < 4.78 is 22.9. The topological polar surface area (TPSA) is 179 Å². The molecule has 2 aromatic rings. The fourth-order valence-electron chi connectivity index (χ4n) is 9.05. The van der Waals surface area contributed by atoms with Gasteiger partial charge in [-0.05, 0) is 123 Å². The molecule has 0 bridgehead atoms. The molecule has 3 aliphatic rings. The number of aryl methyl sites for hydroxylation is 1. The Kier molecular flexibility index (Phi) is 16.6. The van der Waals surface area contributed by atoms with E-state index in [1.165, 1.54) is 73.6 Å². The van der Waals surface area contributed by atoms with Crippen molar-refractivity contribution in [1.29, 1.82) is 0 Å². The second-order valence-corrected chi connectivity index (χ2v) is 18.2. The van der Waals surface area contributed by atoms with Crippen molar-refractivity contribution in [1.82, 2.24) is 0 Å².